The van der Waals surface area contributed by atoms with Crippen LogP contribution in [0.25, 0.3) is 11.1 Å². The lowest BCUT2D eigenvalue weighted by molar-refractivity contribution is -0.146. The Balaban J connectivity index is 1.25. The number of esters is 1. The summed E-state index contributed by atoms with van der Waals surface area (Å²) in [6.07, 6.45) is 0.1000. The van der Waals surface area contributed by atoms with E-state index in [2.05, 4.69) is 5.32 Å². The van der Waals surface area contributed by atoms with Crippen molar-refractivity contribution < 1.29 is 19.1 Å². The van der Waals surface area contributed by atoms with E-state index in [1.807, 2.05) is 84.9 Å². The summed E-state index contributed by atoms with van der Waals surface area (Å²) >= 11 is 0. The molecule has 0 spiro atoms. The van der Waals surface area contributed by atoms with Crippen LogP contribution in [0, 0.1) is 0 Å². The van der Waals surface area contributed by atoms with Crippen LogP contribution in [-0.4, -0.2) is 18.5 Å². The Labute approximate surface area is 192 Å². The number of nitrogens with one attached hydrogen (secondary N) is 1. The molecular weight excluding hydrogens is 414 g/mol. The second-order valence-corrected chi connectivity index (χ2v) is 7.39. The molecule has 4 aromatic carbocycles. The van der Waals surface area contributed by atoms with E-state index in [9.17, 15) is 9.59 Å². The number of anilines is 1. The van der Waals surface area contributed by atoms with Gasteiger partial charge in [-0.1, -0.05) is 78.9 Å². The van der Waals surface area contributed by atoms with Gasteiger partial charge in [-0.25, -0.2) is 0 Å². The zero-order chi connectivity index (χ0) is 22.9. The topological polar surface area (TPSA) is 64.6 Å². The highest BCUT2D eigenvalue weighted by Gasteiger charge is 2.10. The van der Waals surface area contributed by atoms with Gasteiger partial charge in [0.1, 0.15) is 11.5 Å². The van der Waals surface area contributed by atoms with Gasteiger partial charge >= 0.3 is 5.97 Å². The molecule has 5 heteroatoms. The van der Waals surface area contributed by atoms with Crippen molar-refractivity contribution in [2.45, 2.75) is 6.42 Å². The summed E-state index contributed by atoms with van der Waals surface area (Å²) in [6.45, 7) is -0.356. The molecule has 0 radical (unpaired) electrons. The van der Waals surface area contributed by atoms with Gasteiger partial charge in [0.2, 0.25) is 0 Å². The van der Waals surface area contributed by atoms with Crippen molar-refractivity contribution >= 4 is 17.6 Å². The van der Waals surface area contributed by atoms with Crippen LogP contribution >= 0.6 is 0 Å². The molecule has 0 saturated heterocycles. The first-order valence-electron chi connectivity index (χ1n) is 10.6. The number of para-hydroxylation sites is 1. The minimum atomic E-state index is -0.459. The number of benzene rings is 4. The molecule has 4 rings (SSSR count). The van der Waals surface area contributed by atoms with Crippen LogP contribution in [-0.2, 0) is 20.7 Å². The van der Waals surface area contributed by atoms with Gasteiger partial charge in [-0.2, -0.15) is 0 Å². The van der Waals surface area contributed by atoms with Gasteiger partial charge in [-0.15, -0.1) is 0 Å². The summed E-state index contributed by atoms with van der Waals surface area (Å²) in [5.41, 5.74) is 3.57. The molecule has 0 heterocycles. The van der Waals surface area contributed by atoms with E-state index < -0.39 is 11.9 Å². The molecule has 164 valence electrons. The van der Waals surface area contributed by atoms with Gasteiger partial charge in [0.05, 0.1) is 6.42 Å². The smallest absolute Gasteiger partial charge is 0.310 e. The second kappa shape index (κ2) is 10.8. The Morgan fingerprint density at radius 3 is 2.03 bits per heavy atom. The molecule has 5 nitrogen and oxygen atoms in total. The van der Waals surface area contributed by atoms with Gasteiger partial charge in [0, 0.05) is 11.8 Å². The Bertz CT molecular complexity index is 1210. The average Bonchev–Trinajstić information content (AvgIpc) is 2.85. The molecule has 0 fully saturated rings. The number of ether oxygens (including phenoxy) is 2. The first-order chi connectivity index (χ1) is 16.2. The zero-order valence-electron chi connectivity index (χ0n) is 17.9. The monoisotopic (exact) mass is 437 g/mol. The highest BCUT2D eigenvalue weighted by molar-refractivity contribution is 5.93. The van der Waals surface area contributed by atoms with Crippen LogP contribution in [0.3, 0.4) is 0 Å². The third kappa shape index (κ3) is 6.55. The number of hydrogen-bond acceptors (Lipinski definition) is 4. The lowest BCUT2D eigenvalue weighted by Gasteiger charge is -2.09. The minimum absolute atomic E-state index is 0.1000. The second-order valence-electron chi connectivity index (χ2n) is 7.39. The van der Waals surface area contributed by atoms with Gasteiger partial charge in [-0.05, 0) is 41.0 Å². The van der Waals surface area contributed by atoms with Crippen molar-refractivity contribution in [2.75, 3.05) is 11.9 Å². The largest absolute Gasteiger partial charge is 0.457 e. The van der Waals surface area contributed by atoms with E-state index in [1.165, 1.54) is 0 Å². The van der Waals surface area contributed by atoms with Crippen molar-refractivity contribution in [3.05, 3.63) is 115 Å². The van der Waals surface area contributed by atoms with Gasteiger partial charge in [-0.3, -0.25) is 9.59 Å². The van der Waals surface area contributed by atoms with Crippen molar-refractivity contribution in [3.63, 3.8) is 0 Å². The molecule has 0 aromatic heterocycles. The highest BCUT2D eigenvalue weighted by Crippen LogP contribution is 2.24. The fraction of sp³-hybridized carbons (Fsp3) is 0.0714. The number of carbonyl (C=O) groups excluding carboxylic acids is 2. The summed E-state index contributed by atoms with van der Waals surface area (Å²) in [6, 6.07) is 34.1. The Kier molecular flexibility index (Phi) is 7.13. The SMILES string of the molecule is O=C(COC(=O)Cc1ccc(-c2ccccc2)cc1)Nc1cccc(Oc2ccccc2)c1. The van der Waals surface area contributed by atoms with E-state index >= 15 is 0 Å². The molecule has 0 bridgehead atoms. The zero-order valence-corrected chi connectivity index (χ0v) is 17.9. The molecule has 0 saturated carbocycles. The fourth-order valence-corrected chi connectivity index (χ4v) is 3.27. The summed E-state index contributed by atoms with van der Waals surface area (Å²) in [5, 5.41) is 2.72. The Morgan fingerprint density at radius 1 is 0.667 bits per heavy atom. The molecule has 0 aliphatic rings. The van der Waals surface area contributed by atoms with Crippen molar-refractivity contribution in [1.29, 1.82) is 0 Å². The molecule has 4 aromatic rings. The first kappa shape index (κ1) is 21.8. The molecule has 0 unspecified atom stereocenters. The molecular formula is C28H23NO4. The third-order valence-corrected chi connectivity index (χ3v) is 4.87. The maximum atomic E-state index is 12.2. The standard InChI is InChI=1S/C28H23NO4/c30-27(29-24-10-7-13-26(19-24)33-25-11-5-2-6-12-25)20-32-28(31)18-21-14-16-23(17-15-21)22-8-3-1-4-9-22/h1-17,19H,18,20H2,(H,29,30). The van der Waals surface area contributed by atoms with Gasteiger partial charge in [0.15, 0.2) is 6.61 Å². The molecule has 0 aliphatic heterocycles. The fourth-order valence-electron chi connectivity index (χ4n) is 3.27. The Hall–Kier alpha value is -4.38. The highest BCUT2D eigenvalue weighted by atomic mass is 16.5. The third-order valence-electron chi connectivity index (χ3n) is 4.87. The van der Waals surface area contributed by atoms with E-state index in [4.69, 9.17) is 9.47 Å². The average molecular weight is 437 g/mol. The molecule has 0 atom stereocenters. The first-order valence-corrected chi connectivity index (χ1v) is 10.6. The van der Waals surface area contributed by atoms with Gasteiger partial charge in [0.25, 0.3) is 5.91 Å². The van der Waals surface area contributed by atoms with Crippen molar-refractivity contribution in [2.24, 2.45) is 0 Å². The lowest BCUT2D eigenvalue weighted by atomic mass is 10.0. The summed E-state index contributed by atoms with van der Waals surface area (Å²) in [7, 11) is 0. The molecule has 1 amide bonds. The van der Waals surface area contributed by atoms with E-state index in [1.54, 1.807) is 24.3 Å². The summed E-state index contributed by atoms with van der Waals surface area (Å²) < 4.78 is 10.9. The number of amides is 1. The number of carbonyl (C=O) groups is 2. The van der Waals surface area contributed by atoms with E-state index in [-0.39, 0.29) is 13.0 Å². The van der Waals surface area contributed by atoms with Crippen LogP contribution in [0.2, 0.25) is 0 Å². The van der Waals surface area contributed by atoms with Crippen molar-refractivity contribution in [3.8, 4) is 22.6 Å². The normalized spacial score (nSPS) is 10.3. The minimum Gasteiger partial charge on any atom is -0.457 e. The van der Waals surface area contributed by atoms with Crippen LogP contribution in [0.4, 0.5) is 5.69 Å². The van der Waals surface area contributed by atoms with Crippen LogP contribution in [0.1, 0.15) is 5.56 Å². The predicted molar refractivity (Wildman–Crippen MR) is 128 cm³/mol. The van der Waals surface area contributed by atoms with E-state index in [0.717, 1.165) is 16.7 Å². The van der Waals surface area contributed by atoms with E-state index in [0.29, 0.717) is 17.2 Å². The quantitative estimate of drug-likeness (QED) is 0.350. The maximum Gasteiger partial charge on any atom is 0.310 e. The summed E-state index contributed by atoms with van der Waals surface area (Å²) in [5.74, 6) is 0.417. The van der Waals surface area contributed by atoms with Crippen LogP contribution in [0.15, 0.2) is 109 Å². The van der Waals surface area contributed by atoms with Gasteiger partial charge < -0.3 is 14.8 Å². The lowest BCUT2D eigenvalue weighted by Crippen LogP contribution is -2.21. The Morgan fingerprint density at radius 2 is 1.30 bits per heavy atom. The molecule has 1 N–H and O–H groups in total. The number of hydrogen-bond donors (Lipinski definition) is 1. The number of rotatable bonds is 8. The summed E-state index contributed by atoms with van der Waals surface area (Å²) in [4.78, 5) is 24.4. The van der Waals surface area contributed by atoms with Crippen molar-refractivity contribution in [1.82, 2.24) is 0 Å². The van der Waals surface area contributed by atoms with Crippen LogP contribution in [0.5, 0.6) is 11.5 Å². The molecule has 33 heavy (non-hydrogen) atoms. The van der Waals surface area contributed by atoms with Crippen LogP contribution < -0.4 is 10.1 Å². The maximum absolute atomic E-state index is 12.2. The predicted octanol–water partition coefficient (Wildman–Crippen LogP) is 5.87. The molecule has 0 aliphatic carbocycles.